The molecule has 0 heterocycles. The maximum Gasteiger partial charge on any atom is -0.0229 e. The molecule has 0 amide bonds. The lowest BCUT2D eigenvalue weighted by Crippen LogP contribution is -2.05. The minimum Gasteiger partial charge on any atom is -0.103 e. The van der Waals surface area contributed by atoms with Crippen LogP contribution in [0.25, 0.3) is 0 Å². The lowest BCUT2D eigenvalue weighted by Gasteiger charge is -2.20. The molecule has 0 heteroatoms. The van der Waals surface area contributed by atoms with Crippen LogP contribution in [0.1, 0.15) is 72.1 Å². The SMILES string of the molecule is C=CCCCC(C)CC(=CCCC)C(C)CCC=C. The van der Waals surface area contributed by atoms with Crippen LogP contribution >= 0.6 is 0 Å². The summed E-state index contributed by atoms with van der Waals surface area (Å²) in [4.78, 5) is 0. The summed E-state index contributed by atoms with van der Waals surface area (Å²) in [6, 6.07) is 0. The Hall–Kier alpha value is -0.780. The molecular weight excluding hydrogens is 228 g/mol. The van der Waals surface area contributed by atoms with E-state index in [4.69, 9.17) is 0 Å². The Balaban J connectivity index is 4.32. The van der Waals surface area contributed by atoms with E-state index in [9.17, 15) is 0 Å². The van der Waals surface area contributed by atoms with Crippen molar-refractivity contribution in [3.8, 4) is 0 Å². The smallest absolute Gasteiger partial charge is 0.0229 e. The fraction of sp³-hybridized carbons (Fsp3) is 0.684. The van der Waals surface area contributed by atoms with Gasteiger partial charge >= 0.3 is 0 Å². The number of hydrogen-bond acceptors (Lipinski definition) is 0. The first-order valence-electron chi connectivity index (χ1n) is 8.06. The maximum absolute atomic E-state index is 3.84. The largest absolute Gasteiger partial charge is 0.103 e. The van der Waals surface area contributed by atoms with Gasteiger partial charge in [-0.1, -0.05) is 57.4 Å². The third-order valence-corrected chi connectivity index (χ3v) is 3.82. The fourth-order valence-electron chi connectivity index (χ4n) is 2.48. The Morgan fingerprint density at radius 3 is 2.26 bits per heavy atom. The van der Waals surface area contributed by atoms with Gasteiger partial charge in [0, 0.05) is 0 Å². The third-order valence-electron chi connectivity index (χ3n) is 3.82. The van der Waals surface area contributed by atoms with Gasteiger partial charge in [-0.25, -0.2) is 0 Å². The first-order chi connectivity index (χ1) is 9.15. The summed E-state index contributed by atoms with van der Waals surface area (Å²) < 4.78 is 0. The molecule has 0 rings (SSSR count). The van der Waals surface area contributed by atoms with E-state index in [-0.39, 0.29) is 0 Å². The molecule has 0 aromatic heterocycles. The molecule has 2 unspecified atom stereocenters. The summed E-state index contributed by atoms with van der Waals surface area (Å²) in [6.45, 7) is 14.7. The summed E-state index contributed by atoms with van der Waals surface area (Å²) in [5.74, 6) is 1.51. The number of allylic oxidation sites excluding steroid dienone is 4. The molecule has 0 saturated carbocycles. The monoisotopic (exact) mass is 262 g/mol. The molecule has 110 valence electrons. The van der Waals surface area contributed by atoms with Gasteiger partial charge in [0.1, 0.15) is 0 Å². The van der Waals surface area contributed by atoms with Crippen molar-refractivity contribution in [3.63, 3.8) is 0 Å². The third kappa shape index (κ3) is 9.76. The zero-order valence-electron chi connectivity index (χ0n) is 13.5. The van der Waals surface area contributed by atoms with E-state index in [1.54, 1.807) is 5.57 Å². The van der Waals surface area contributed by atoms with Crippen LogP contribution in [0, 0.1) is 11.8 Å². The predicted molar refractivity (Wildman–Crippen MR) is 89.4 cm³/mol. The molecule has 0 spiro atoms. The highest BCUT2D eigenvalue weighted by atomic mass is 14.2. The molecule has 0 aliphatic carbocycles. The molecule has 0 fully saturated rings. The summed E-state index contributed by atoms with van der Waals surface area (Å²) in [5.41, 5.74) is 1.68. The Morgan fingerprint density at radius 2 is 1.68 bits per heavy atom. The van der Waals surface area contributed by atoms with Crippen molar-refractivity contribution in [3.05, 3.63) is 37.0 Å². The highest BCUT2D eigenvalue weighted by Gasteiger charge is 2.11. The highest BCUT2D eigenvalue weighted by molar-refractivity contribution is 5.07. The topological polar surface area (TPSA) is 0 Å². The van der Waals surface area contributed by atoms with E-state index in [1.165, 1.54) is 38.5 Å². The summed E-state index contributed by atoms with van der Waals surface area (Å²) in [7, 11) is 0. The van der Waals surface area contributed by atoms with Crippen molar-refractivity contribution < 1.29 is 0 Å². The molecule has 0 nitrogen and oxygen atoms in total. The van der Waals surface area contributed by atoms with Crippen LogP contribution in [-0.4, -0.2) is 0 Å². The van der Waals surface area contributed by atoms with E-state index in [1.807, 2.05) is 12.2 Å². The van der Waals surface area contributed by atoms with E-state index in [0.717, 1.165) is 18.8 Å². The van der Waals surface area contributed by atoms with E-state index in [0.29, 0.717) is 5.92 Å². The normalized spacial score (nSPS) is 15.0. The number of unbranched alkanes of at least 4 members (excludes halogenated alkanes) is 2. The Labute approximate surface area is 121 Å². The summed E-state index contributed by atoms with van der Waals surface area (Å²) in [6.07, 6.45) is 16.5. The predicted octanol–water partition coefficient (Wildman–Crippen LogP) is 6.70. The van der Waals surface area contributed by atoms with Gasteiger partial charge in [0.2, 0.25) is 0 Å². The average Bonchev–Trinajstić information content (AvgIpc) is 2.41. The number of hydrogen-bond donors (Lipinski definition) is 0. The van der Waals surface area contributed by atoms with Crippen molar-refractivity contribution in [1.29, 1.82) is 0 Å². The van der Waals surface area contributed by atoms with Gasteiger partial charge in [0.15, 0.2) is 0 Å². The molecule has 0 aliphatic heterocycles. The van der Waals surface area contributed by atoms with Crippen LogP contribution in [0.5, 0.6) is 0 Å². The highest BCUT2D eigenvalue weighted by Crippen LogP contribution is 2.26. The molecule has 0 aromatic carbocycles. The lowest BCUT2D eigenvalue weighted by atomic mass is 9.86. The zero-order valence-corrected chi connectivity index (χ0v) is 13.5. The summed E-state index contributed by atoms with van der Waals surface area (Å²) in [5, 5.41) is 0. The Bertz CT molecular complexity index is 259. The van der Waals surface area contributed by atoms with Crippen molar-refractivity contribution in [1.82, 2.24) is 0 Å². The quantitative estimate of drug-likeness (QED) is 0.271. The molecule has 0 N–H and O–H groups in total. The second-order valence-electron chi connectivity index (χ2n) is 5.86. The first-order valence-corrected chi connectivity index (χ1v) is 8.06. The van der Waals surface area contributed by atoms with Gasteiger partial charge in [-0.05, 0) is 50.4 Å². The molecule has 2 atom stereocenters. The molecule has 0 aliphatic rings. The molecule has 0 aromatic rings. The van der Waals surface area contributed by atoms with Crippen LogP contribution in [0.4, 0.5) is 0 Å². The van der Waals surface area contributed by atoms with E-state index >= 15 is 0 Å². The standard InChI is InChI=1S/C19H34/c1-6-9-12-13-17(4)16-19(15-11-8-3)18(5)14-10-7-2/h6-7,15,17-18H,1-2,8-14,16H2,3-5H3. The summed E-state index contributed by atoms with van der Waals surface area (Å²) >= 11 is 0. The molecule has 0 saturated heterocycles. The Morgan fingerprint density at radius 1 is 1.00 bits per heavy atom. The minimum absolute atomic E-state index is 0.714. The molecule has 0 bridgehead atoms. The second kappa shape index (κ2) is 12.3. The Kier molecular flexibility index (Phi) is 11.8. The molecular formula is C19H34. The van der Waals surface area contributed by atoms with Crippen LogP contribution in [0.15, 0.2) is 37.0 Å². The van der Waals surface area contributed by atoms with Crippen molar-refractivity contribution in [2.45, 2.75) is 72.1 Å². The second-order valence-corrected chi connectivity index (χ2v) is 5.86. The van der Waals surface area contributed by atoms with Gasteiger partial charge in [-0.15, -0.1) is 13.2 Å². The zero-order chi connectivity index (χ0) is 14.5. The van der Waals surface area contributed by atoms with Gasteiger partial charge in [0.25, 0.3) is 0 Å². The van der Waals surface area contributed by atoms with Crippen LogP contribution in [-0.2, 0) is 0 Å². The number of rotatable bonds is 12. The van der Waals surface area contributed by atoms with E-state index in [2.05, 4.69) is 40.0 Å². The maximum atomic E-state index is 3.84. The average molecular weight is 262 g/mol. The van der Waals surface area contributed by atoms with Crippen molar-refractivity contribution in [2.24, 2.45) is 11.8 Å². The van der Waals surface area contributed by atoms with Crippen molar-refractivity contribution in [2.75, 3.05) is 0 Å². The van der Waals surface area contributed by atoms with Crippen LogP contribution < -0.4 is 0 Å². The van der Waals surface area contributed by atoms with Gasteiger partial charge < -0.3 is 0 Å². The minimum atomic E-state index is 0.714. The van der Waals surface area contributed by atoms with Gasteiger partial charge in [-0.2, -0.15) is 0 Å². The first kappa shape index (κ1) is 18.2. The van der Waals surface area contributed by atoms with E-state index < -0.39 is 0 Å². The lowest BCUT2D eigenvalue weighted by molar-refractivity contribution is 0.471. The van der Waals surface area contributed by atoms with Crippen LogP contribution in [0.2, 0.25) is 0 Å². The molecule has 0 radical (unpaired) electrons. The molecule has 19 heavy (non-hydrogen) atoms. The van der Waals surface area contributed by atoms with Gasteiger partial charge in [-0.3, -0.25) is 0 Å². The van der Waals surface area contributed by atoms with Crippen LogP contribution in [0.3, 0.4) is 0 Å². The fourth-order valence-corrected chi connectivity index (χ4v) is 2.48. The van der Waals surface area contributed by atoms with Crippen molar-refractivity contribution >= 4 is 0 Å². The van der Waals surface area contributed by atoms with Gasteiger partial charge in [0.05, 0.1) is 0 Å².